The summed E-state index contributed by atoms with van der Waals surface area (Å²) in [4.78, 5) is 16.0. The molecule has 0 atom stereocenters. The maximum Gasteiger partial charge on any atom is 0.260 e. The number of aryl methyl sites for hydroxylation is 1. The summed E-state index contributed by atoms with van der Waals surface area (Å²) in [6.45, 7) is 2.06. The number of carbonyl (C=O) groups excluding carboxylic acids is 1. The predicted molar refractivity (Wildman–Crippen MR) is 69.7 cm³/mol. The summed E-state index contributed by atoms with van der Waals surface area (Å²) in [5, 5.41) is 2.83. The Kier molecular flexibility index (Phi) is 4.18. The average Bonchev–Trinajstić information content (AvgIpc) is 2.80. The molecule has 5 nitrogen and oxygen atoms in total. The molecule has 2 aromatic rings. The van der Waals surface area contributed by atoms with Crippen molar-refractivity contribution in [3.63, 3.8) is 0 Å². The van der Waals surface area contributed by atoms with E-state index in [0.717, 1.165) is 17.1 Å². The molecule has 1 aromatic carbocycles. The number of carbonyl (C=O) groups is 1. The van der Waals surface area contributed by atoms with Crippen LogP contribution in [-0.4, -0.2) is 22.4 Å². The first kappa shape index (κ1) is 13.6. The second-order valence-electron chi connectivity index (χ2n) is 3.89. The van der Waals surface area contributed by atoms with E-state index in [1.54, 1.807) is 13.0 Å². The van der Waals surface area contributed by atoms with Crippen molar-refractivity contribution in [2.75, 3.05) is 12.4 Å². The van der Waals surface area contributed by atoms with Crippen LogP contribution in [0.15, 0.2) is 18.2 Å². The molecule has 0 aliphatic rings. The van der Waals surface area contributed by atoms with Crippen LogP contribution in [0.3, 0.4) is 0 Å². The number of ether oxygens (including phenoxy) is 1. The third-order valence-corrected chi connectivity index (χ3v) is 3.00. The van der Waals surface area contributed by atoms with Gasteiger partial charge in [-0.2, -0.15) is 4.37 Å². The molecule has 19 heavy (non-hydrogen) atoms. The van der Waals surface area contributed by atoms with Gasteiger partial charge in [-0.25, -0.2) is 9.37 Å². The van der Waals surface area contributed by atoms with Gasteiger partial charge >= 0.3 is 0 Å². The van der Waals surface area contributed by atoms with Gasteiger partial charge < -0.3 is 4.74 Å². The molecule has 0 aliphatic carbocycles. The molecule has 7 heteroatoms. The number of anilines is 1. The number of methoxy groups -OCH3 is 1. The highest BCUT2D eigenvalue weighted by atomic mass is 32.1. The molecule has 100 valence electrons. The van der Waals surface area contributed by atoms with Crippen LogP contribution in [0.1, 0.15) is 21.7 Å². The lowest BCUT2D eigenvalue weighted by Gasteiger charge is -2.03. The number of amides is 1. The van der Waals surface area contributed by atoms with Crippen LogP contribution in [0.5, 0.6) is 0 Å². The van der Waals surface area contributed by atoms with E-state index in [1.165, 1.54) is 19.2 Å². The summed E-state index contributed by atoms with van der Waals surface area (Å²) in [6, 6.07) is 4.36. The minimum absolute atomic E-state index is 0.0107. The molecule has 0 aliphatic heterocycles. The Morgan fingerprint density at radius 1 is 1.53 bits per heavy atom. The average molecular weight is 281 g/mol. The maximum atomic E-state index is 13.5. The zero-order valence-electron chi connectivity index (χ0n) is 10.4. The minimum atomic E-state index is -0.565. The standard InChI is InChI=1S/C12H12FN3O2S/c1-7-3-4-9(13)8(5-7)11(17)15-12-14-10(6-18-2)16-19-12/h3-5H,6H2,1-2H3,(H,14,15,16,17). The predicted octanol–water partition coefficient (Wildman–Crippen LogP) is 2.38. The fourth-order valence-electron chi connectivity index (χ4n) is 1.47. The Balaban J connectivity index is 2.13. The normalized spacial score (nSPS) is 10.5. The number of benzene rings is 1. The molecular weight excluding hydrogens is 269 g/mol. The third kappa shape index (κ3) is 3.33. The molecule has 0 saturated carbocycles. The van der Waals surface area contributed by atoms with E-state index >= 15 is 0 Å². The van der Waals surface area contributed by atoms with Crippen LogP contribution in [0.25, 0.3) is 0 Å². The minimum Gasteiger partial charge on any atom is -0.377 e. The zero-order valence-corrected chi connectivity index (χ0v) is 11.3. The molecule has 2 rings (SSSR count). The molecule has 1 heterocycles. The van der Waals surface area contributed by atoms with Gasteiger partial charge in [-0.3, -0.25) is 10.1 Å². The topological polar surface area (TPSA) is 64.1 Å². The maximum absolute atomic E-state index is 13.5. The third-order valence-electron chi connectivity index (χ3n) is 2.33. The van der Waals surface area contributed by atoms with Crippen molar-refractivity contribution in [2.45, 2.75) is 13.5 Å². The summed E-state index contributed by atoms with van der Waals surface area (Å²) in [5.41, 5.74) is 0.798. The van der Waals surface area contributed by atoms with Gasteiger partial charge in [-0.15, -0.1) is 0 Å². The first-order valence-electron chi connectivity index (χ1n) is 5.49. The summed E-state index contributed by atoms with van der Waals surface area (Å²) in [7, 11) is 1.53. The molecule has 0 radical (unpaired) electrons. The Hall–Kier alpha value is -1.86. The van der Waals surface area contributed by atoms with E-state index < -0.39 is 11.7 Å². The summed E-state index contributed by atoms with van der Waals surface area (Å²) in [6.07, 6.45) is 0. The van der Waals surface area contributed by atoms with E-state index in [4.69, 9.17) is 4.74 Å². The number of hydrogen-bond donors (Lipinski definition) is 1. The molecule has 1 N–H and O–H groups in total. The van der Waals surface area contributed by atoms with Crippen LogP contribution in [-0.2, 0) is 11.3 Å². The Labute approximate surface area is 113 Å². The number of nitrogens with one attached hydrogen (secondary N) is 1. The molecule has 0 fully saturated rings. The smallest absolute Gasteiger partial charge is 0.260 e. The quantitative estimate of drug-likeness (QED) is 0.934. The summed E-state index contributed by atoms with van der Waals surface area (Å²) >= 11 is 1.03. The molecule has 0 saturated heterocycles. The summed E-state index contributed by atoms with van der Waals surface area (Å²) in [5.74, 6) is -0.626. The van der Waals surface area contributed by atoms with Gasteiger partial charge in [0.2, 0.25) is 5.13 Å². The van der Waals surface area contributed by atoms with Gasteiger partial charge in [-0.05, 0) is 19.1 Å². The number of nitrogens with zero attached hydrogens (tertiary/aromatic N) is 2. The van der Waals surface area contributed by atoms with E-state index in [-0.39, 0.29) is 12.2 Å². The van der Waals surface area contributed by atoms with Crippen molar-refractivity contribution in [3.8, 4) is 0 Å². The zero-order chi connectivity index (χ0) is 13.8. The Morgan fingerprint density at radius 2 is 2.32 bits per heavy atom. The molecule has 0 bridgehead atoms. The first-order valence-corrected chi connectivity index (χ1v) is 6.26. The second kappa shape index (κ2) is 5.85. The van der Waals surface area contributed by atoms with Crippen LogP contribution in [0, 0.1) is 12.7 Å². The van der Waals surface area contributed by atoms with E-state index in [9.17, 15) is 9.18 Å². The SMILES string of the molecule is COCc1nsc(NC(=O)c2cc(C)ccc2F)n1. The second-order valence-corrected chi connectivity index (χ2v) is 4.64. The van der Waals surface area contributed by atoms with Crippen molar-refractivity contribution in [1.82, 2.24) is 9.36 Å². The molecule has 0 unspecified atom stereocenters. The monoisotopic (exact) mass is 281 g/mol. The van der Waals surface area contributed by atoms with Crippen LogP contribution < -0.4 is 5.32 Å². The van der Waals surface area contributed by atoms with E-state index in [1.807, 2.05) is 0 Å². The lowest BCUT2D eigenvalue weighted by molar-refractivity contribution is 0.102. The van der Waals surface area contributed by atoms with Gasteiger partial charge in [0.05, 0.1) is 5.56 Å². The molecule has 0 spiro atoms. The van der Waals surface area contributed by atoms with Gasteiger partial charge in [0.25, 0.3) is 5.91 Å². The number of rotatable bonds is 4. The fraction of sp³-hybridized carbons (Fsp3) is 0.250. The van der Waals surface area contributed by atoms with E-state index in [2.05, 4.69) is 14.7 Å². The highest BCUT2D eigenvalue weighted by Gasteiger charge is 2.14. The Bertz CT molecular complexity index is 600. The largest absolute Gasteiger partial charge is 0.377 e. The van der Waals surface area contributed by atoms with Crippen molar-refractivity contribution in [3.05, 3.63) is 41.0 Å². The lowest BCUT2D eigenvalue weighted by Crippen LogP contribution is -2.14. The molecule has 1 amide bonds. The fourth-order valence-corrected chi connectivity index (χ4v) is 2.04. The van der Waals surface area contributed by atoms with Gasteiger partial charge in [-0.1, -0.05) is 11.6 Å². The van der Waals surface area contributed by atoms with Crippen LogP contribution >= 0.6 is 11.5 Å². The van der Waals surface area contributed by atoms with Crippen LogP contribution in [0.4, 0.5) is 9.52 Å². The number of aromatic nitrogens is 2. The first-order chi connectivity index (χ1) is 9.10. The number of halogens is 1. The van der Waals surface area contributed by atoms with Gasteiger partial charge in [0, 0.05) is 18.6 Å². The van der Waals surface area contributed by atoms with Crippen molar-refractivity contribution in [1.29, 1.82) is 0 Å². The van der Waals surface area contributed by atoms with Crippen molar-refractivity contribution in [2.24, 2.45) is 0 Å². The molecule has 1 aromatic heterocycles. The van der Waals surface area contributed by atoms with Crippen molar-refractivity contribution < 1.29 is 13.9 Å². The number of hydrogen-bond acceptors (Lipinski definition) is 5. The van der Waals surface area contributed by atoms with Gasteiger partial charge in [0.1, 0.15) is 12.4 Å². The van der Waals surface area contributed by atoms with Crippen LogP contribution in [0.2, 0.25) is 0 Å². The highest BCUT2D eigenvalue weighted by molar-refractivity contribution is 7.09. The summed E-state index contributed by atoms with van der Waals surface area (Å²) < 4.78 is 22.4. The molecular formula is C12H12FN3O2S. The van der Waals surface area contributed by atoms with Gasteiger partial charge in [0.15, 0.2) is 5.82 Å². The Morgan fingerprint density at radius 3 is 3.05 bits per heavy atom. The highest BCUT2D eigenvalue weighted by Crippen LogP contribution is 2.15. The van der Waals surface area contributed by atoms with Crippen molar-refractivity contribution >= 4 is 22.6 Å². The lowest BCUT2D eigenvalue weighted by atomic mass is 10.1. The van der Waals surface area contributed by atoms with E-state index in [0.29, 0.717) is 11.0 Å².